The number of hydrogen-bond donors (Lipinski definition) is 0. The number of imide groups is 1. The van der Waals surface area contributed by atoms with Crippen LogP contribution in [-0.4, -0.2) is 39.0 Å². The highest BCUT2D eigenvalue weighted by Crippen LogP contribution is 2.47. The first-order chi connectivity index (χ1) is 26.3. The lowest BCUT2D eigenvalue weighted by atomic mass is 9.75. The molecule has 0 radical (unpaired) electrons. The molecule has 1 heterocycles. The van der Waals surface area contributed by atoms with Gasteiger partial charge < -0.3 is 9.47 Å². The maximum Gasteiger partial charge on any atom is 0.417 e. The second-order valence-corrected chi connectivity index (χ2v) is 15.9. The van der Waals surface area contributed by atoms with Gasteiger partial charge in [-0.25, -0.2) is 9.69 Å². The zero-order valence-electron chi connectivity index (χ0n) is 32.7. The lowest BCUT2D eigenvalue weighted by molar-refractivity contribution is -0.165. The number of hydrogen-bond acceptors (Lipinski definition) is 6. The largest absolute Gasteiger partial charge is 0.460 e. The van der Waals surface area contributed by atoms with Gasteiger partial charge in [-0.05, 0) is 69.4 Å². The Morgan fingerprint density at radius 2 is 1.20 bits per heavy atom. The van der Waals surface area contributed by atoms with Crippen molar-refractivity contribution in [2.75, 3.05) is 0 Å². The molecule has 5 atom stereocenters. The van der Waals surface area contributed by atoms with Gasteiger partial charge in [-0.2, -0.15) is 0 Å². The number of carbonyl (C=O) groups is 3. The van der Waals surface area contributed by atoms with Crippen LogP contribution in [0.3, 0.4) is 0 Å². The lowest BCUT2D eigenvalue weighted by Gasteiger charge is -2.44. The van der Waals surface area contributed by atoms with Crippen LogP contribution >= 0.6 is 0 Å². The summed E-state index contributed by atoms with van der Waals surface area (Å²) in [6.07, 6.45) is -0.850. The summed E-state index contributed by atoms with van der Waals surface area (Å²) < 4.78 is 12.2. The van der Waals surface area contributed by atoms with Crippen molar-refractivity contribution in [1.29, 1.82) is 0 Å². The molecule has 0 saturated carbocycles. The van der Waals surface area contributed by atoms with Crippen LogP contribution < -0.4 is 0 Å². The SMILES string of the molecule is C[C@@H](c1ccccc1)N(Cc1ccccc1)[C@@H](c1ccccc1)[C@@H](C(=O)OC(C)(C)C)[C@H](CC(=O)N1C(=O)OC(C)(C)[C@@H]1c1ccccc1)c1ccccc1. The average Bonchev–Trinajstić information content (AvgIpc) is 3.43. The predicted octanol–water partition coefficient (Wildman–Crippen LogP) is 10.6. The predicted molar refractivity (Wildman–Crippen MR) is 216 cm³/mol. The van der Waals surface area contributed by atoms with Crippen LogP contribution in [-0.2, 0) is 25.6 Å². The second-order valence-electron chi connectivity index (χ2n) is 15.9. The fraction of sp³-hybridized carbons (Fsp3) is 0.312. The van der Waals surface area contributed by atoms with Crippen molar-refractivity contribution < 1.29 is 23.9 Å². The number of nitrogens with zero attached hydrogens (tertiary/aromatic N) is 2. The van der Waals surface area contributed by atoms with E-state index in [0.717, 1.165) is 27.8 Å². The lowest BCUT2D eigenvalue weighted by Crippen LogP contribution is -2.45. The molecule has 284 valence electrons. The molecular weight excluding hydrogens is 685 g/mol. The van der Waals surface area contributed by atoms with Gasteiger partial charge in [-0.1, -0.05) is 152 Å². The summed E-state index contributed by atoms with van der Waals surface area (Å²) >= 11 is 0. The van der Waals surface area contributed by atoms with Gasteiger partial charge in [0.2, 0.25) is 5.91 Å². The van der Waals surface area contributed by atoms with Crippen molar-refractivity contribution in [2.45, 2.75) is 89.8 Å². The van der Waals surface area contributed by atoms with E-state index in [1.165, 1.54) is 4.90 Å². The van der Waals surface area contributed by atoms with E-state index in [2.05, 4.69) is 36.1 Å². The van der Waals surface area contributed by atoms with Crippen molar-refractivity contribution in [3.8, 4) is 0 Å². The molecule has 1 aliphatic heterocycles. The van der Waals surface area contributed by atoms with Gasteiger partial charge >= 0.3 is 12.1 Å². The van der Waals surface area contributed by atoms with Gasteiger partial charge in [0, 0.05) is 31.0 Å². The highest BCUT2D eigenvalue weighted by molar-refractivity contribution is 5.95. The highest BCUT2D eigenvalue weighted by atomic mass is 16.6. The Labute approximate surface area is 325 Å². The van der Waals surface area contributed by atoms with Gasteiger partial charge in [0.25, 0.3) is 0 Å². The Bertz CT molecular complexity index is 2010. The average molecular weight is 737 g/mol. The molecule has 5 aromatic carbocycles. The first-order valence-electron chi connectivity index (χ1n) is 19.1. The quantitative estimate of drug-likeness (QED) is 0.112. The fourth-order valence-electron chi connectivity index (χ4n) is 7.95. The summed E-state index contributed by atoms with van der Waals surface area (Å²) in [5.41, 5.74) is 2.86. The zero-order chi connectivity index (χ0) is 39.2. The molecule has 55 heavy (non-hydrogen) atoms. The van der Waals surface area contributed by atoms with E-state index in [1.807, 2.05) is 162 Å². The molecular formula is C48H52N2O5. The van der Waals surface area contributed by atoms with Crippen molar-refractivity contribution in [1.82, 2.24) is 9.80 Å². The minimum Gasteiger partial charge on any atom is -0.460 e. The van der Waals surface area contributed by atoms with Crippen molar-refractivity contribution in [3.63, 3.8) is 0 Å². The molecule has 6 rings (SSSR count). The monoisotopic (exact) mass is 736 g/mol. The van der Waals surface area contributed by atoms with Gasteiger partial charge in [-0.3, -0.25) is 14.5 Å². The van der Waals surface area contributed by atoms with Gasteiger partial charge in [0.15, 0.2) is 0 Å². The molecule has 0 spiro atoms. The van der Waals surface area contributed by atoms with Gasteiger partial charge in [0.05, 0.1) is 5.92 Å². The minimum absolute atomic E-state index is 0.148. The summed E-state index contributed by atoms with van der Waals surface area (Å²) in [5, 5.41) is 0. The Morgan fingerprint density at radius 1 is 0.727 bits per heavy atom. The first kappa shape index (κ1) is 39.2. The number of ether oxygens (including phenoxy) is 2. The smallest absolute Gasteiger partial charge is 0.417 e. The summed E-state index contributed by atoms with van der Waals surface area (Å²) in [5.74, 6) is -2.46. The van der Waals surface area contributed by atoms with Crippen LogP contribution in [0, 0.1) is 5.92 Å². The van der Waals surface area contributed by atoms with Gasteiger partial charge in [-0.15, -0.1) is 0 Å². The normalized spacial score (nSPS) is 17.5. The van der Waals surface area contributed by atoms with E-state index in [4.69, 9.17) is 9.47 Å². The number of amides is 2. The summed E-state index contributed by atoms with van der Waals surface area (Å²) in [4.78, 5) is 47.5. The molecule has 1 aliphatic rings. The highest BCUT2D eigenvalue weighted by Gasteiger charge is 2.53. The number of benzene rings is 5. The molecule has 0 unspecified atom stereocenters. The fourth-order valence-corrected chi connectivity index (χ4v) is 7.95. The Kier molecular flexibility index (Phi) is 12.0. The van der Waals surface area contributed by atoms with Crippen LogP contribution in [0.5, 0.6) is 0 Å². The van der Waals surface area contributed by atoms with E-state index in [-0.39, 0.29) is 12.5 Å². The van der Waals surface area contributed by atoms with Crippen LogP contribution in [0.2, 0.25) is 0 Å². The van der Waals surface area contributed by atoms with Crippen LogP contribution in [0.15, 0.2) is 152 Å². The molecule has 1 saturated heterocycles. The number of carbonyl (C=O) groups excluding carboxylic acids is 3. The van der Waals surface area contributed by atoms with E-state index in [1.54, 1.807) is 0 Å². The standard InChI is InChI=1S/C48H52N2O5/c1-34(36-24-14-8-15-25-36)49(33-35-22-12-7-13-23-35)43(38-28-18-10-19-29-38)42(45(52)54-47(2,3)4)40(37-26-16-9-17-27-37)32-41(51)50-44(39-30-20-11-21-31-39)48(5,6)55-46(50)53/h7-31,34,40,42-44H,32-33H2,1-6H3/t34-,40+,42-,43-,44-/m0/s1. The van der Waals surface area contributed by atoms with E-state index in [9.17, 15) is 9.59 Å². The third kappa shape index (κ3) is 9.23. The molecule has 7 heteroatoms. The third-order valence-electron chi connectivity index (χ3n) is 10.4. The maximum absolute atomic E-state index is 15.2. The van der Waals surface area contributed by atoms with E-state index >= 15 is 4.79 Å². The van der Waals surface area contributed by atoms with E-state index in [0.29, 0.717) is 6.54 Å². The Morgan fingerprint density at radius 3 is 1.73 bits per heavy atom. The first-order valence-corrected chi connectivity index (χ1v) is 19.1. The number of cyclic esters (lactones) is 1. The summed E-state index contributed by atoms with van der Waals surface area (Å²) in [6, 6.07) is 48.3. The second kappa shape index (κ2) is 16.9. The Hall–Kier alpha value is -5.53. The molecule has 0 aliphatic carbocycles. The topological polar surface area (TPSA) is 76.2 Å². The molecule has 1 fully saturated rings. The minimum atomic E-state index is -0.981. The molecule has 0 N–H and O–H groups in total. The molecule has 7 nitrogen and oxygen atoms in total. The Balaban J connectivity index is 1.55. The molecule has 5 aromatic rings. The molecule has 0 bridgehead atoms. The van der Waals surface area contributed by atoms with Crippen LogP contribution in [0.4, 0.5) is 4.79 Å². The summed E-state index contributed by atoms with van der Waals surface area (Å²) in [6.45, 7) is 11.9. The van der Waals surface area contributed by atoms with Crippen molar-refractivity contribution >= 4 is 18.0 Å². The molecule has 0 aromatic heterocycles. The van der Waals surface area contributed by atoms with Crippen molar-refractivity contribution in [2.24, 2.45) is 5.92 Å². The maximum atomic E-state index is 15.2. The van der Waals surface area contributed by atoms with Gasteiger partial charge in [0.1, 0.15) is 17.2 Å². The third-order valence-corrected chi connectivity index (χ3v) is 10.4. The summed E-state index contributed by atoms with van der Waals surface area (Å²) in [7, 11) is 0. The molecule has 2 amide bonds. The zero-order valence-corrected chi connectivity index (χ0v) is 32.7. The van der Waals surface area contributed by atoms with Crippen LogP contribution in [0.1, 0.15) is 99.8 Å². The number of rotatable bonds is 13. The van der Waals surface area contributed by atoms with Crippen molar-refractivity contribution in [3.05, 3.63) is 179 Å². The van der Waals surface area contributed by atoms with Crippen LogP contribution in [0.25, 0.3) is 0 Å². The number of esters is 1. The van der Waals surface area contributed by atoms with E-state index < -0.39 is 53.1 Å².